The predicted molar refractivity (Wildman–Crippen MR) is 77.9 cm³/mol. The highest BCUT2D eigenvalue weighted by molar-refractivity contribution is 6.30. The van der Waals surface area contributed by atoms with Crippen molar-refractivity contribution in [3.05, 3.63) is 29.3 Å². The molecule has 1 saturated carbocycles. The van der Waals surface area contributed by atoms with Crippen LogP contribution in [0.5, 0.6) is 5.75 Å². The first kappa shape index (κ1) is 15.1. The van der Waals surface area contributed by atoms with Crippen LogP contribution in [0.25, 0.3) is 0 Å². The van der Waals surface area contributed by atoms with Gasteiger partial charge < -0.3 is 15.2 Å². The van der Waals surface area contributed by atoms with E-state index < -0.39 is 12.2 Å². The van der Waals surface area contributed by atoms with Gasteiger partial charge in [0.15, 0.2) is 6.10 Å². The summed E-state index contributed by atoms with van der Waals surface area (Å²) < 4.78 is 5.56. The Morgan fingerprint density at radius 2 is 2.00 bits per heavy atom. The summed E-state index contributed by atoms with van der Waals surface area (Å²) in [6, 6.07) is 6.72. The van der Waals surface area contributed by atoms with E-state index in [-0.39, 0.29) is 11.9 Å². The normalized spacial score (nSPS) is 23.9. The molecule has 1 aliphatic carbocycles. The molecule has 0 heterocycles. The lowest BCUT2D eigenvalue weighted by Gasteiger charge is -2.29. The smallest absolute Gasteiger partial charge is 0.261 e. The van der Waals surface area contributed by atoms with Crippen LogP contribution in [0, 0.1) is 0 Å². The fraction of sp³-hybridized carbons (Fsp3) is 0.533. The summed E-state index contributed by atoms with van der Waals surface area (Å²) in [5.74, 6) is 0.396. The van der Waals surface area contributed by atoms with Crippen LogP contribution in [-0.2, 0) is 4.79 Å². The molecule has 0 saturated heterocycles. The zero-order valence-corrected chi connectivity index (χ0v) is 12.3. The molecule has 0 spiro atoms. The lowest BCUT2D eigenvalue weighted by molar-refractivity contribution is -0.129. The van der Waals surface area contributed by atoms with Gasteiger partial charge >= 0.3 is 0 Å². The van der Waals surface area contributed by atoms with E-state index in [9.17, 15) is 9.90 Å². The average Bonchev–Trinajstić information content (AvgIpc) is 2.44. The van der Waals surface area contributed by atoms with Gasteiger partial charge in [-0.15, -0.1) is 0 Å². The number of hydrogen-bond acceptors (Lipinski definition) is 3. The van der Waals surface area contributed by atoms with Crippen molar-refractivity contribution >= 4 is 17.5 Å². The molecular formula is C15H20ClNO3. The Hall–Kier alpha value is -1.26. The first-order chi connectivity index (χ1) is 9.56. The summed E-state index contributed by atoms with van der Waals surface area (Å²) in [6.07, 6.45) is 2.57. The molecule has 0 aromatic heterocycles. The molecule has 0 bridgehead atoms. The van der Waals surface area contributed by atoms with E-state index in [4.69, 9.17) is 16.3 Å². The van der Waals surface area contributed by atoms with Crippen LogP contribution in [0.1, 0.15) is 32.6 Å². The minimum atomic E-state index is -0.606. The van der Waals surface area contributed by atoms with E-state index in [1.165, 1.54) is 0 Å². The van der Waals surface area contributed by atoms with Crippen LogP contribution >= 0.6 is 11.6 Å². The van der Waals surface area contributed by atoms with Crippen molar-refractivity contribution in [2.75, 3.05) is 0 Å². The van der Waals surface area contributed by atoms with Crippen LogP contribution in [-0.4, -0.2) is 29.3 Å². The minimum Gasteiger partial charge on any atom is -0.481 e. The van der Waals surface area contributed by atoms with Crippen LogP contribution in [0.3, 0.4) is 0 Å². The topological polar surface area (TPSA) is 58.6 Å². The molecular weight excluding hydrogens is 278 g/mol. The van der Waals surface area contributed by atoms with E-state index in [1.54, 1.807) is 31.2 Å². The van der Waals surface area contributed by atoms with Gasteiger partial charge in [0.25, 0.3) is 5.91 Å². The molecule has 4 nitrogen and oxygen atoms in total. The van der Waals surface area contributed by atoms with Gasteiger partial charge in [0.1, 0.15) is 5.75 Å². The number of hydrogen-bond donors (Lipinski definition) is 2. The van der Waals surface area contributed by atoms with Gasteiger partial charge in [-0.05, 0) is 44.0 Å². The average molecular weight is 298 g/mol. The van der Waals surface area contributed by atoms with Crippen molar-refractivity contribution < 1.29 is 14.6 Å². The van der Waals surface area contributed by atoms with E-state index in [0.29, 0.717) is 10.8 Å². The quantitative estimate of drug-likeness (QED) is 0.898. The number of nitrogens with one attached hydrogen (secondary N) is 1. The molecule has 20 heavy (non-hydrogen) atoms. The van der Waals surface area contributed by atoms with E-state index >= 15 is 0 Å². The lowest BCUT2D eigenvalue weighted by atomic mass is 9.92. The van der Waals surface area contributed by atoms with Gasteiger partial charge in [-0.2, -0.15) is 0 Å². The number of amides is 1. The second-order valence-electron chi connectivity index (χ2n) is 5.18. The van der Waals surface area contributed by atoms with E-state index in [1.807, 2.05) is 0 Å². The number of carbonyl (C=O) groups excluding carboxylic acids is 1. The van der Waals surface area contributed by atoms with Crippen LogP contribution in [0.15, 0.2) is 24.3 Å². The van der Waals surface area contributed by atoms with E-state index in [2.05, 4.69) is 5.32 Å². The largest absolute Gasteiger partial charge is 0.481 e. The second-order valence-corrected chi connectivity index (χ2v) is 5.62. The van der Waals surface area contributed by atoms with Gasteiger partial charge in [-0.3, -0.25) is 4.79 Å². The monoisotopic (exact) mass is 297 g/mol. The number of benzene rings is 1. The Balaban J connectivity index is 1.86. The maximum absolute atomic E-state index is 12.1. The van der Waals surface area contributed by atoms with Crippen molar-refractivity contribution in [1.82, 2.24) is 5.32 Å². The van der Waals surface area contributed by atoms with Gasteiger partial charge in [0, 0.05) is 5.02 Å². The first-order valence-corrected chi connectivity index (χ1v) is 7.34. The van der Waals surface area contributed by atoms with Gasteiger partial charge in [0.05, 0.1) is 12.1 Å². The maximum atomic E-state index is 12.1. The Morgan fingerprint density at radius 1 is 1.35 bits per heavy atom. The maximum Gasteiger partial charge on any atom is 0.261 e. The molecule has 3 atom stereocenters. The Bertz CT molecular complexity index is 449. The number of aliphatic hydroxyl groups excluding tert-OH is 1. The highest BCUT2D eigenvalue weighted by Crippen LogP contribution is 2.19. The van der Waals surface area contributed by atoms with Crippen molar-refractivity contribution in [3.63, 3.8) is 0 Å². The Morgan fingerprint density at radius 3 is 2.65 bits per heavy atom. The number of carbonyl (C=O) groups is 1. The van der Waals surface area contributed by atoms with Gasteiger partial charge in [0.2, 0.25) is 0 Å². The van der Waals surface area contributed by atoms with Crippen LogP contribution < -0.4 is 10.1 Å². The molecule has 1 aromatic carbocycles. The van der Waals surface area contributed by atoms with Crippen LogP contribution in [0.4, 0.5) is 0 Å². The molecule has 110 valence electrons. The summed E-state index contributed by atoms with van der Waals surface area (Å²) in [7, 11) is 0. The standard InChI is InChI=1S/C15H20ClNO3/c1-10(20-12-8-6-11(16)7-9-12)15(19)17-13-4-2-3-5-14(13)18/h6-10,13-14,18H,2-5H2,1H3,(H,17,19)/t10?,13-,14-/m0/s1. The number of rotatable bonds is 4. The van der Waals surface area contributed by atoms with Gasteiger partial charge in [-0.25, -0.2) is 0 Å². The van der Waals surface area contributed by atoms with Gasteiger partial charge in [-0.1, -0.05) is 24.4 Å². The lowest BCUT2D eigenvalue weighted by Crippen LogP contribution is -2.49. The predicted octanol–water partition coefficient (Wildman–Crippen LogP) is 2.53. The zero-order valence-electron chi connectivity index (χ0n) is 11.5. The summed E-state index contributed by atoms with van der Waals surface area (Å²) >= 11 is 5.79. The molecule has 2 rings (SSSR count). The molecule has 2 N–H and O–H groups in total. The third kappa shape index (κ3) is 4.12. The number of aliphatic hydroxyl groups is 1. The second kappa shape index (κ2) is 6.95. The summed E-state index contributed by atoms with van der Waals surface area (Å²) in [5.41, 5.74) is 0. The molecule has 1 fully saturated rings. The first-order valence-electron chi connectivity index (χ1n) is 6.97. The molecule has 1 aromatic rings. The summed E-state index contributed by atoms with van der Waals surface area (Å²) in [6.45, 7) is 1.69. The van der Waals surface area contributed by atoms with Crippen molar-refractivity contribution in [2.24, 2.45) is 0 Å². The SMILES string of the molecule is CC(Oc1ccc(Cl)cc1)C(=O)N[C@H]1CCCC[C@@H]1O. The fourth-order valence-electron chi connectivity index (χ4n) is 2.35. The van der Waals surface area contributed by atoms with Crippen molar-refractivity contribution in [3.8, 4) is 5.75 Å². The molecule has 0 aliphatic heterocycles. The molecule has 5 heteroatoms. The van der Waals surface area contributed by atoms with E-state index in [0.717, 1.165) is 25.7 Å². The zero-order chi connectivity index (χ0) is 14.5. The summed E-state index contributed by atoms with van der Waals surface area (Å²) in [5, 5.41) is 13.3. The summed E-state index contributed by atoms with van der Waals surface area (Å²) in [4.78, 5) is 12.1. The molecule has 1 aliphatic rings. The Labute approximate surface area is 124 Å². The highest BCUT2D eigenvalue weighted by atomic mass is 35.5. The molecule has 1 unspecified atom stereocenters. The highest BCUT2D eigenvalue weighted by Gasteiger charge is 2.26. The number of halogens is 1. The minimum absolute atomic E-state index is 0.160. The van der Waals surface area contributed by atoms with Crippen molar-refractivity contribution in [1.29, 1.82) is 0 Å². The molecule has 1 amide bonds. The number of ether oxygens (including phenoxy) is 1. The Kier molecular flexibility index (Phi) is 5.26. The molecule has 0 radical (unpaired) electrons. The third-order valence-corrected chi connectivity index (χ3v) is 3.80. The van der Waals surface area contributed by atoms with Crippen molar-refractivity contribution in [2.45, 2.75) is 50.9 Å². The third-order valence-electron chi connectivity index (χ3n) is 3.55. The fourth-order valence-corrected chi connectivity index (χ4v) is 2.48. The van der Waals surface area contributed by atoms with Crippen LogP contribution in [0.2, 0.25) is 5.02 Å².